The Bertz CT molecular complexity index is 485. The van der Waals surface area contributed by atoms with E-state index in [0.29, 0.717) is 19.3 Å². The summed E-state index contributed by atoms with van der Waals surface area (Å²) in [5.74, 6) is -0.575. The molecule has 1 aromatic rings. The lowest BCUT2D eigenvalue weighted by molar-refractivity contribution is -0.127. The van der Waals surface area contributed by atoms with Crippen LogP contribution < -0.4 is 11.1 Å². The molecule has 0 aliphatic heterocycles. The number of allylic oxidation sites excluding steroid dienone is 1. The predicted molar refractivity (Wildman–Crippen MR) is 93.8 cm³/mol. The first-order valence-electron chi connectivity index (χ1n) is 8.37. The zero-order valence-corrected chi connectivity index (χ0v) is 13.8. The number of hydrogen-bond acceptors (Lipinski definition) is 2. The minimum Gasteiger partial charge on any atom is -0.368 e. The molecular weight excluding hydrogens is 288 g/mol. The highest BCUT2D eigenvalue weighted by molar-refractivity contribution is 5.86. The van der Waals surface area contributed by atoms with Gasteiger partial charge in [-0.3, -0.25) is 9.59 Å². The molecule has 0 spiro atoms. The van der Waals surface area contributed by atoms with E-state index in [9.17, 15) is 9.59 Å². The molecule has 126 valence electrons. The van der Waals surface area contributed by atoms with E-state index < -0.39 is 11.9 Å². The highest BCUT2D eigenvalue weighted by Gasteiger charge is 2.17. The lowest BCUT2D eigenvalue weighted by Gasteiger charge is -2.15. The van der Waals surface area contributed by atoms with Crippen molar-refractivity contribution in [1.82, 2.24) is 5.32 Å². The smallest absolute Gasteiger partial charge is 0.239 e. The highest BCUT2D eigenvalue weighted by Crippen LogP contribution is 2.08. The van der Waals surface area contributed by atoms with Crippen LogP contribution in [0.5, 0.6) is 0 Å². The fourth-order valence-corrected chi connectivity index (χ4v) is 2.45. The molecule has 0 unspecified atom stereocenters. The molecule has 0 saturated carbocycles. The summed E-state index contributed by atoms with van der Waals surface area (Å²) in [5, 5.41) is 2.76. The second-order valence-corrected chi connectivity index (χ2v) is 5.79. The van der Waals surface area contributed by atoms with E-state index in [-0.39, 0.29) is 5.91 Å². The van der Waals surface area contributed by atoms with Crippen LogP contribution in [0.15, 0.2) is 43.0 Å². The van der Waals surface area contributed by atoms with Crippen LogP contribution in [0.3, 0.4) is 0 Å². The van der Waals surface area contributed by atoms with Gasteiger partial charge in [0.15, 0.2) is 0 Å². The van der Waals surface area contributed by atoms with Crippen LogP contribution in [-0.2, 0) is 16.0 Å². The molecule has 23 heavy (non-hydrogen) atoms. The van der Waals surface area contributed by atoms with Gasteiger partial charge in [0.05, 0.1) is 0 Å². The van der Waals surface area contributed by atoms with Gasteiger partial charge in [-0.15, -0.1) is 6.58 Å². The van der Waals surface area contributed by atoms with Crippen LogP contribution in [0.1, 0.15) is 50.5 Å². The summed E-state index contributed by atoms with van der Waals surface area (Å²) in [6.07, 6.45) is 8.75. The summed E-state index contributed by atoms with van der Waals surface area (Å²) in [7, 11) is 0. The van der Waals surface area contributed by atoms with Gasteiger partial charge < -0.3 is 11.1 Å². The van der Waals surface area contributed by atoms with Crippen molar-refractivity contribution in [3.8, 4) is 0 Å². The fourth-order valence-electron chi connectivity index (χ4n) is 2.45. The number of nitrogens with two attached hydrogens (primary N) is 1. The molecule has 4 heteroatoms. The quantitative estimate of drug-likeness (QED) is 0.459. The van der Waals surface area contributed by atoms with E-state index >= 15 is 0 Å². The second-order valence-electron chi connectivity index (χ2n) is 5.79. The number of benzene rings is 1. The monoisotopic (exact) mass is 316 g/mol. The largest absolute Gasteiger partial charge is 0.368 e. The van der Waals surface area contributed by atoms with Gasteiger partial charge in [0.2, 0.25) is 11.8 Å². The first-order valence-corrected chi connectivity index (χ1v) is 8.37. The molecular formula is C19H28N2O2. The lowest BCUT2D eigenvalue weighted by Crippen LogP contribution is -2.44. The highest BCUT2D eigenvalue weighted by atomic mass is 16.2. The maximum absolute atomic E-state index is 12.0. The summed E-state index contributed by atoms with van der Waals surface area (Å²) >= 11 is 0. The van der Waals surface area contributed by atoms with Crippen LogP contribution in [0.2, 0.25) is 0 Å². The first kappa shape index (κ1) is 18.9. The number of carbonyl (C=O) groups excluding carboxylic acids is 2. The van der Waals surface area contributed by atoms with Crippen molar-refractivity contribution in [2.75, 3.05) is 0 Å². The first-order chi connectivity index (χ1) is 11.1. The molecule has 4 nitrogen and oxygen atoms in total. The van der Waals surface area contributed by atoms with Gasteiger partial charge in [0, 0.05) is 6.42 Å². The Hall–Kier alpha value is -2.10. The maximum atomic E-state index is 12.0. The summed E-state index contributed by atoms with van der Waals surface area (Å²) in [6.45, 7) is 3.69. The zero-order valence-electron chi connectivity index (χ0n) is 13.8. The average molecular weight is 316 g/mol. The maximum Gasteiger partial charge on any atom is 0.239 e. The predicted octanol–water partition coefficient (Wildman–Crippen LogP) is 3.12. The molecule has 1 aromatic carbocycles. The Kier molecular flexibility index (Phi) is 9.45. The summed E-state index contributed by atoms with van der Waals surface area (Å²) in [5.41, 5.74) is 6.50. The Balaban J connectivity index is 2.27. The van der Waals surface area contributed by atoms with Crippen molar-refractivity contribution in [2.45, 2.75) is 57.4 Å². The van der Waals surface area contributed by atoms with Crippen molar-refractivity contribution in [1.29, 1.82) is 0 Å². The summed E-state index contributed by atoms with van der Waals surface area (Å²) in [6, 6.07) is 9.27. The van der Waals surface area contributed by atoms with Gasteiger partial charge in [0.25, 0.3) is 0 Å². The Morgan fingerprint density at radius 1 is 1.13 bits per heavy atom. The molecule has 0 aliphatic rings. The van der Waals surface area contributed by atoms with Crippen LogP contribution in [0.4, 0.5) is 0 Å². The zero-order chi connectivity index (χ0) is 16.9. The third kappa shape index (κ3) is 8.81. The number of primary amides is 1. The van der Waals surface area contributed by atoms with Crippen LogP contribution >= 0.6 is 0 Å². The molecule has 1 rings (SSSR count). The Morgan fingerprint density at radius 2 is 1.83 bits per heavy atom. The van der Waals surface area contributed by atoms with Gasteiger partial charge in [0.1, 0.15) is 6.04 Å². The van der Waals surface area contributed by atoms with Crippen molar-refractivity contribution in [2.24, 2.45) is 5.73 Å². The van der Waals surface area contributed by atoms with Crippen molar-refractivity contribution < 1.29 is 9.59 Å². The number of aryl methyl sites for hydroxylation is 1. The number of nitrogens with one attached hydrogen (secondary N) is 1. The fraction of sp³-hybridized carbons (Fsp3) is 0.474. The van der Waals surface area contributed by atoms with Gasteiger partial charge >= 0.3 is 0 Å². The van der Waals surface area contributed by atoms with Crippen LogP contribution in [-0.4, -0.2) is 17.9 Å². The van der Waals surface area contributed by atoms with Gasteiger partial charge in [-0.25, -0.2) is 0 Å². The molecule has 0 aliphatic carbocycles. The minimum absolute atomic E-state index is 0.121. The van der Waals surface area contributed by atoms with E-state index in [0.717, 1.165) is 37.7 Å². The Morgan fingerprint density at radius 3 is 2.48 bits per heavy atom. The molecule has 0 saturated heterocycles. The van der Waals surface area contributed by atoms with E-state index in [1.165, 1.54) is 0 Å². The Labute approximate surface area is 139 Å². The number of carbonyl (C=O) groups is 2. The molecule has 0 aromatic heterocycles. The number of rotatable bonds is 12. The number of hydrogen-bond donors (Lipinski definition) is 2. The molecule has 3 N–H and O–H groups in total. The minimum atomic E-state index is -0.558. The standard InChI is InChI=1S/C19H28N2O2/c1-2-3-4-5-6-10-13-17(19(20)23)21-18(22)15-14-16-11-8-7-9-12-16/h2,7-9,11-12,17H,1,3-6,10,13-15H2,(H2,20,23)(H,21,22)/t17-/m1/s1. The summed E-state index contributed by atoms with van der Waals surface area (Å²) in [4.78, 5) is 23.4. The number of amides is 2. The normalized spacial score (nSPS) is 11.7. The SMILES string of the molecule is C=CCCCCCC[C@@H](NC(=O)CCc1ccccc1)C(N)=O. The van der Waals surface area contributed by atoms with E-state index in [4.69, 9.17) is 5.73 Å². The average Bonchev–Trinajstić information content (AvgIpc) is 2.55. The lowest BCUT2D eigenvalue weighted by atomic mass is 10.0. The number of unbranched alkanes of at least 4 members (excludes halogenated alkanes) is 4. The second kappa shape index (κ2) is 11.5. The van der Waals surface area contributed by atoms with E-state index in [1.54, 1.807) is 0 Å². The van der Waals surface area contributed by atoms with Crippen molar-refractivity contribution >= 4 is 11.8 Å². The van der Waals surface area contributed by atoms with Crippen LogP contribution in [0.25, 0.3) is 0 Å². The topological polar surface area (TPSA) is 72.2 Å². The molecule has 0 bridgehead atoms. The van der Waals surface area contributed by atoms with Crippen molar-refractivity contribution in [3.05, 3.63) is 48.6 Å². The summed E-state index contributed by atoms with van der Waals surface area (Å²) < 4.78 is 0. The van der Waals surface area contributed by atoms with E-state index in [1.807, 2.05) is 36.4 Å². The third-order valence-corrected chi connectivity index (χ3v) is 3.81. The van der Waals surface area contributed by atoms with E-state index in [2.05, 4.69) is 11.9 Å². The molecule has 1 atom stereocenters. The third-order valence-electron chi connectivity index (χ3n) is 3.81. The van der Waals surface area contributed by atoms with Gasteiger partial charge in [-0.1, -0.05) is 55.7 Å². The molecule has 0 fully saturated rings. The van der Waals surface area contributed by atoms with Crippen LogP contribution in [0, 0.1) is 0 Å². The van der Waals surface area contributed by atoms with Gasteiger partial charge in [-0.2, -0.15) is 0 Å². The molecule has 2 amide bonds. The van der Waals surface area contributed by atoms with Crippen molar-refractivity contribution in [3.63, 3.8) is 0 Å². The molecule has 0 heterocycles. The van der Waals surface area contributed by atoms with Gasteiger partial charge in [-0.05, 0) is 31.2 Å². The molecule has 0 radical (unpaired) electrons.